The summed E-state index contributed by atoms with van der Waals surface area (Å²) in [7, 11) is 1.55. The SMILES string of the molecule is COc1cc(NC(=O)c2cnn(Cc3ccccc3)c2)ccc1N1CCCC1=O. The molecule has 2 aromatic carbocycles. The summed E-state index contributed by atoms with van der Waals surface area (Å²) in [6.45, 7) is 1.28. The van der Waals surface area contributed by atoms with Crippen LogP contribution in [0.3, 0.4) is 0 Å². The summed E-state index contributed by atoms with van der Waals surface area (Å²) < 4.78 is 7.17. The van der Waals surface area contributed by atoms with Gasteiger partial charge in [-0.3, -0.25) is 14.3 Å². The molecule has 3 aromatic rings. The van der Waals surface area contributed by atoms with Crippen molar-refractivity contribution in [2.75, 3.05) is 23.9 Å². The standard InChI is InChI=1S/C22H22N4O3/c1-29-20-12-18(9-10-19(20)26-11-5-8-21(26)27)24-22(28)17-13-23-25(15-17)14-16-6-3-2-4-7-16/h2-4,6-7,9-10,12-13,15H,5,8,11,14H2,1H3,(H,24,28). The van der Waals surface area contributed by atoms with Gasteiger partial charge in [-0.25, -0.2) is 0 Å². The second-order valence-electron chi connectivity index (χ2n) is 6.90. The predicted octanol–water partition coefficient (Wildman–Crippen LogP) is 3.32. The van der Waals surface area contributed by atoms with Crippen molar-refractivity contribution in [3.8, 4) is 5.75 Å². The molecule has 2 amide bonds. The predicted molar refractivity (Wildman–Crippen MR) is 110 cm³/mol. The number of aromatic nitrogens is 2. The summed E-state index contributed by atoms with van der Waals surface area (Å²) in [5, 5.41) is 7.13. The summed E-state index contributed by atoms with van der Waals surface area (Å²) in [5.74, 6) is 0.389. The van der Waals surface area contributed by atoms with E-state index in [1.54, 1.807) is 47.3 Å². The second-order valence-corrected chi connectivity index (χ2v) is 6.90. The number of nitrogens with zero attached hydrogens (tertiary/aromatic N) is 3. The van der Waals surface area contributed by atoms with Crippen molar-refractivity contribution in [1.29, 1.82) is 0 Å². The number of benzene rings is 2. The van der Waals surface area contributed by atoms with Gasteiger partial charge in [0.15, 0.2) is 0 Å². The minimum atomic E-state index is -0.253. The van der Waals surface area contributed by atoms with Crippen LogP contribution in [0.2, 0.25) is 0 Å². The number of amides is 2. The third-order valence-electron chi connectivity index (χ3n) is 4.88. The van der Waals surface area contributed by atoms with Gasteiger partial charge in [-0.05, 0) is 24.1 Å². The maximum atomic E-state index is 12.6. The molecule has 7 heteroatoms. The van der Waals surface area contributed by atoms with Gasteiger partial charge in [0.25, 0.3) is 5.91 Å². The van der Waals surface area contributed by atoms with Crippen molar-refractivity contribution < 1.29 is 14.3 Å². The number of carbonyl (C=O) groups excluding carboxylic acids is 2. The fourth-order valence-corrected chi connectivity index (χ4v) is 3.42. The lowest BCUT2D eigenvalue weighted by Crippen LogP contribution is -2.24. The first kappa shape index (κ1) is 18.7. The summed E-state index contributed by atoms with van der Waals surface area (Å²) in [4.78, 5) is 26.3. The highest BCUT2D eigenvalue weighted by atomic mass is 16.5. The van der Waals surface area contributed by atoms with Crippen LogP contribution in [0.4, 0.5) is 11.4 Å². The van der Waals surface area contributed by atoms with Crippen LogP contribution in [-0.4, -0.2) is 35.2 Å². The van der Waals surface area contributed by atoms with Crippen molar-refractivity contribution in [1.82, 2.24) is 9.78 Å². The van der Waals surface area contributed by atoms with Crippen molar-refractivity contribution in [2.24, 2.45) is 0 Å². The monoisotopic (exact) mass is 390 g/mol. The van der Waals surface area contributed by atoms with Gasteiger partial charge in [0.2, 0.25) is 5.91 Å². The third kappa shape index (κ3) is 4.13. The van der Waals surface area contributed by atoms with Crippen LogP contribution in [0.25, 0.3) is 0 Å². The maximum absolute atomic E-state index is 12.6. The van der Waals surface area contributed by atoms with E-state index in [4.69, 9.17) is 4.74 Å². The largest absolute Gasteiger partial charge is 0.494 e. The molecule has 0 aliphatic carbocycles. The number of rotatable bonds is 6. The molecule has 1 saturated heterocycles. The van der Waals surface area contributed by atoms with Gasteiger partial charge in [0.1, 0.15) is 5.75 Å². The third-order valence-corrected chi connectivity index (χ3v) is 4.88. The van der Waals surface area contributed by atoms with Gasteiger partial charge in [-0.2, -0.15) is 5.10 Å². The van der Waals surface area contributed by atoms with E-state index in [1.807, 2.05) is 30.3 Å². The maximum Gasteiger partial charge on any atom is 0.258 e. The molecule has 148 valence electrons. The smallest absolute Gasteiger partial charge is 0.258 e. The first-order valence-electron chi connectivity index (χ1n) is 9.50. The Labute approximate surface area is 168 Å². The Bertz CT molecular complexity index is 1030. The number of nitrogens with one attached hydrogen (secondary N) is 1. The van der Waals surface area contributed by atoms with E-state index in [1.165, 1.54) is 0 Å². The minimum absolute atomic E-state index is 0.0888. The lowest BCUT2D eigenvalue weighted by molar-refractivity contribution is -0.117. The number of ether oxygens (including phenoxy) is 1. The van der Waals surface area contributed by atoms with Crippen LogP contribution >= 0.6 is 0 Å². The number of methoxy groups -OCH3 is 1. The molecule has 1 aliphatic heterocycles. The molecule has 0 atom stereocenters. The average molecular weight is 390 g/mol. The molecule has 0 bridgehead atoms. The molecule has 29 heavy (non-hydrogen) atoms. The normalized spacial score (nSPS) is 13.6. The van der Waals surface area contributed by atoms with Crippen LogP contribution in [-0.2, 0) is 11.3 Å². The Balaban J connectivity index is 1.46. The zero-order chi connectivity index (χ0) is 20.2. The topological polar surface area (TPSA) is 76.5 Å². The van der Waals surface area contributed by atoms with E-state index in [0.717, 1.165) is 17.7 Å². The molecule has 0 spiro atoms. The van der Waals surface area contributed by atoms with Crippen LogP contribution in [0.1, 0.15) is 28.8 Å². The molecule has 7 nitrogen and oxygen atoms in total. The molecular formula is C22H22N4O3. The summed E-state index contributed by atoms with van der Waals surface area (Å²) in [6, 6.07) is 15.2. The van der Waals surface area contributed by atoms with Crippen LogP contribution in [0, 0.1) is 0 Å². The molecular weight excluding hydrogens is 368 g/mol. The Morgan fingerprint density at radius 3 is 2.76 bits per heavy atom. The van der Waals surface area contributed by atoms with Gasteiger partial charge in [-0.1, -0.05) is 30.3 Å². The molecule has 1 fully saturated rings. The van der Waals surface area contributed by atoms with Crippen LogP contribution < -0.4 is 15.0 Å². The average Bonchev–Trinajstić information content (AvgIpc) is 3.38. The fourth-order valence-electron chi connectivity index (χ4n) is 3.42. The molecule has 1 aliphatic rings. The highest BCUT2D eigenvalue weighted by Gasteiger charge is 2.24. The molecule has 4 rings (SSSR count). The van der Waals surface area contributed by atoms with E-state index >= 15 is 0 Å². The van der Waals surface area contributed by atoms with Crippen molar-refractivity contribution in [3.05, 3.63) is 72.1 Å². The zero-order valence-corrected chi connectivity index (χ0v) is 16.2. The Kier molecular flexibility index (Phi) is 5.29. The number of hydrogen-bond acceptors (Lipinski definition) is 4. The lowest BCUT2D eigenvalue weighted by Gasteiger charge is -2.19. The summed E-state index contributed by atoms with van der Waals surface area (Å²) >= 11 is 0. The highest BCUT2D eigenvalue weighted by molar-refractivity contribution is 6.04. The summed E-state index contributed by atoms with van der Waals surface area (Å²) in [6.07, 6.45) is 4.66. The molecule has 0 radical (unpaired) electrons. The van der Waals surface area contributed by atoms with Crippen molar-refractivity contribution in [3.63, 3.8) is 0 Å². The highest BCUT2D eigenvalue weighted by Crippen LogP contribution is 2.33. The lowest BCUT2D eigenvalue weighted by atomic mass is 10.2. The quantitative estimate of drug-likeness (QED) is 0.701. The number of carbonyl (C=O) groups is 2. The second kappa shape index (κ2) is 8.18. The molecule has 0 saturated carbocycles. The Morgan fingerprint density at radius 1 is 1.21 bits per heavy atom. The molecule has 2 heterocycles. The Morgan fingerprint density at radius 2 is 2.03 bits per heavy atom. The van der Waals surface area contributed by atoms with Crippen molar-refractivity contribution in [2.45, 2.75) is 19.4 Å². The van der Waals surface area contributed by atoms with Gasteiger partial charge in [0.05, 0.1) is 31.1 Å². The van der Waals surface area contributed by atoms with Gasteiger partial charge in [0, 0.05) is 30.9 Å². The first-order valence-corrected chi connectivity index (χ1v) is 9.50. The van der Waals surface area contributed by atoms with E-state index in [0.29, 0.717) is 36.5 Å². The summed E-state index contributed by atoms with van der Waals surface area (Å²) in [5.41, 5.74) is 2.90. The molecule has 0 unspecified atom stereocenters. The van der Waals surface area contributed by atoms with Crippen LogP contribution in [0.15, 0.2) is 60.9 Å². The number of anilines is 2. The number of hydrogen-bond donors (Lipinski definition) is 1. The van der Waals surface area contributed by atoms with Crippen molar-refractivity contribution >= 4 is 23.2 Å². The van der Waals surface area contributed by atoms with E-state index in [-0.39, 0.29) is 11.8 Å². The zero-order valence-electron chi connectivity index (χ0n) is 16.2. The van der Waals surface area contributed by atoms with E-state index < -0.39 is 0 Å². The van der Waals surface area contributed by atoms with E-state index in [9.17, 15) is 9.59 Å². The first-order chi connectivity index (χ1) is 14.1. The molecule has 1 N–H and O–H groups in total. The minimum Gasteiger partial charge on any atom is -0.494 e. The molecule has 1 aromatic heterocycles. The Hall–Kier alpha value is -3.61. The fraction of sp³-hybridized carbons (Fsp3) is 0.227. The van der Waals surface area contributed by atoms with Gasteiger partial charge in [-0.15, -0.1) is 0 Å². The van der Waals surface area contributed by atoms with Gasteiger partial charge >= 0.3 is 0 Å². The van der Waals surface area contributed by atoms with Crippen LogP contribution in [0.5, 0.6) is 5.75 Å². The van der Waals surface area contributed by atoms with Gasteiger partial charge < -0.3 is 15.0 Å². The van der Waals surface area contributed by atoms with E-state index in [2.05, 4.69) is 10.4 Å².